The lowest BCUT2D eigenvalue weighted by molar-refractivity contribution is 0.0292. The molecular weight excluding hydrogens is 452 g/mol. The Kier molecular flexibility index (Phi) is 9.93. The molecule has 0 aliphatic carbocycles. The summed E-state index contributed by atoms with van der Waals surface area (Å²) >= 11 is 0. The van der Waals surface area contributed by atoms with Crippen molar-refractivity contribution in [1.29, 1.82) is 0 Å². The molecule has 1 aliphatic rings. The molecule has 1 aromatic heterocycles. The van der Waals surface area contributed by atoms with Gasteiger partial charge in [-0.25, -0.2) is 0 Å². The largest absolute Gasteiger partial charge is 0.391 e. The highest BCUT2D eigenvalue weighted by Gasteiger charge is 2.25. The minimum atomic E-state index is -0.464. The van der Waals surface area contributed by atoms with Gasteiger partial charge in [-0.1, -0.05) is 65.8 Å². The summed E-state index contributed by atoms with van der Waals surface area (Å²) in [5, 5.41) is 15.6. The predicted octanol–water partition coefficient (Wildman–Crippen LogP) is 3.93. The van der Waals surface area contributed by atoms with Gasteiger partial charge in [0.2, 0.25) is 5.88 Å². The van der Waals surface area contributed by atoms with Crippen LogP contribution in [-0.4, -0.2) is 85.2 Å². The van der Waals surface area contributed by atoms with Gasteiger partial charge in [0.1, 0.15) is 5.69 Å². The first kappa shape index (κ1) is 26.4. The molecule has 2 aromatic carbocycles. The van der Waals surface area contributed by atoms with Crippen molar-refractivity contribution in [2.75, 3.05) is 63.9 Å². The second kappa shape index (κ2) is 13.6. The zero-order valence-electron chi connectivity index (χ0n) is 21.7. The van der Waals surface area contributed by atoms with E-state index in [-0.39, 0.29) is 0 Å². The zero-order chi connectivity index (χ0) is 25.2. The third-order valence-electron chi connectivity index (χ3n) is 6.87. The number of hydrogen-bond acceptors (Lipinski definition) is 7. The van der Waals surface area contributed by atoms with Crippen LogP contribution in [0.2, 0.25) is 0 Å². The lowest BCUT2D eigenvalue weighted by atomic mass is 10.1. The molecule has 7 nitrogen and oxygen atoms in total. The predicted molar refractivity (Wildman–Crippen MR) is 144 cm³/mol. The average Bonchev–Trinajstić information content (AvgIpc) is 3.33. The quantitative estimate of drug-likeness (QED) is 0.388. The number of rotatable bonds is 13. The Bertz CT molecular complexity index is 1020. The van der Waals surface area contributed by atoms with Gasteiger partial charge in [-0.2, -0.15) is 0 Å². The number of aliphatic hydroxyl groups excluding tert-OH is 1. The van der Waals surface area contributed by atoms with E-state index in [4.69, 9.17) is 9.26 Å². The van der Waals surface area contributed by atoms with E-state index in [1.165, 1.54) is 0 Å². The molecule has 0 bridgehead atoms. The summed E-state index contributed by atoms with van der Waals surface area (Å²) in [4.78, 5) is 7.02. The third-order valence-corrected chi connectivity index (χ3v) is 6.87. The van der Waals surface area contributed by atoms with Crippen molar-refractivity contribution in [3.63, 3.8) is 0 Å². The Morgan fingerprint density at radius 2 is 1.64 bits per heavy atom. The molecule has 194 valence electrons. The van der Waals surface area contributed by atoms with Crippen LogP contribution < -0.4 is 4.90 Å². The van der Waals surface area contributed by atoms with E-state index in [1.807, 2.05) is 36.4 Å². The first-order chi connectivity index (χ1) is 17.7. The third kappa shape index (κ3) is 7.17. The average molecular weight is 493 g/mol. The fourth-order valence-electron chi connectivity index (χ4n) is 4.84. The van der Waals surface area contributed by atoms with Crippen LogP contribution in [0.25, 0.3) is 11.3 Å². The van der Waals surface area contributed by atoms with E-state index < -0.39 is 6.10 Å². The summed E-state index contributed by atoms with van der Waals surface area (Å²) in [5.74, 6) is 0.827. The second-order valence-electron chi connectivity index (χ2n) is 9.39. The van der Waals surface area contributed by atoms with Gasteiger partial charge in [0.15, 0.2) is 0 Å². The van der Waals surface area contributed by atoms with E-state index in [0.29, 0.717) is 19.5 Å². The van der Waals surface area contributed by atoms with Crippen LogP contribution in [0.4, 0.5) is 5.88 Å². The van der Waals surface area contributed by atoms with Gasteiger partial charge in [-0.05, 0) is 25.8 Å². The zero-order valence-corrected chi connectivity index (χ0v) is 21.7. The van der Waals surface area contributed by atoms with E-state index >= 15 is 0 Å². The normalized spacial score (nSPS) is 15.3. The van der Waals surface area contributed by atoms with Gasteiger partial charge in [-0.15, -0.1) is 0 Å². The number of ether oxygens (including phenoxy) is 1. The van der Waals surface area contributed by atoms with Crippen molar-refractivity contribution in [3.8, 4) is 11.3 Å². The first-order valence-corrected chi connectivity index (χ1v) is 13.2. The van der Waals surface area contributed by atoms with Gasteiger partial charge in [0.25, 0.3) is 0 Å². The summed E-state index contributed by atoms with van der Waals surface area (Å²) in [6.07, 6.45) is 0.168. The molecule has 1 fully saturated rings. The van der Waals surface area contributed by atoms with Crippen molar-refractivity contribution in [2.24, 2.45) is 0 Å². The maximum atomic E-state index is 11.1. The minimum absolute atomic E-state index is 0.464. The topological polar surface area (TPSA) is 65.2 Å². The Hall–Kier alpha value is -2.71. The molecule has 3 aromatic rings. The molecular formula is C29H40N4O3. The van der Waals surface area contributed by atoms with Crippen molar-refractivity contribution in [3.05, 3.63) is 71.8 Å². The molecule has 1 atom stereocenters. The highest BCUT2D eigenvalue weighted by molar-refractivity contribution is 5.68. The molecule has 0 amide bonds. The van der Waals surface area contributed by atoms with Crippen LogP contribution in [-0.2, 0) is 17.7 Å². The van der Waals surface area contributed by atoms with Crippen LogP contribution in [0.5, 0.6) is 0 Å². The molecule has 36 heavy (non-hydrogen) atoms. The molecule has 2 heterocycles. The van der Waals surface area contributed by atoms with Crippen LogP contribution in [0.3, 0.4) is 0 Å². The smallest absolute Gasteiger partial charge is 0.232 e. The van der Waals surface area contributed by atoms with Gasteiger partial charge >= 0.3 is 0 Å². The maximum Gasteiger partial charge on any atom is 0.232 e. The molecule has 0 spiro atoms. The van der Waals surface area contributed by atoms with E-state index in [1.54, 1.807) is 0 Å². The summed E-state index contributed by atoms with van der Waals surface area (Å²) < 4.78 is 11.5. The van der Waals surface area contributed by atoms with E-state index in [9.17, 15) is 5.11 Å². The van der Waals surface area contributed by atoms with Gasteiger partial charge < -0.3 is 19.3 Å². The number of benzene rings is 2. The van der Waals surface area contributed by atoms with Gasteiger partial charge in [0.05, 0.1) is 24.9 Å². The Morgan fingerprint density at radius 1 is 0.972 bits per heavy atom. The lowest BCUT2D eigenvalue weighted by Crippen LogP contribution is -2.43. The molecule has 0 radical (unpaired) electrons. The maximum absolute atomic E-state index is 11.1. The van der Waals surface area contributed by atoms with Gasteiger partial charge in [0, 0.05) is 57.9 Å². The molecule has 4 rings (SSSR count). The second-order valence-corrected chi connectivity index (χ2v) is 9.39. The van der Waals surface area contributed by atoms with Crippen LogP contribution in [0, 0.1) is 0 Å². The summed E-state index contributed by atoms with van der Waals surface area (Å²) in [5.41, 5.74) is 4.16. The van der Waals surface area contributed by atoms with Crippen molar-refractivity contribution in [2.45, 2.75) is 32.9 Å². The molecule has 1 N–H and O–H groups in total. The summed E-state index contributed by atoms with van der Waals surface area (Å²) in [7, 11) is 0. The number of aromatic nitrogens is 1. The van der Waals surface area contributed by atoms with E-state index in [0.717, 1.165) is 80.8 Å². The number of hydrogen-bond donors (Lipinski definition) is 1. The fourth-order valence-corrected chi connectivity index (χ4v) is 4.84. The highest BCUT2D eigenvalue weighted by Crippen LogP contribution is 2.32. The number of morpholine rings is 1. The molecule has 0 unspecified atom stereocenters. The van der Waals surface area contributed by atoms with Gasteiger partial charge in [-0.3, -0.25) is 9.80 Å². The van der Waals surface area contributed by atoms with Crippen LogP contribution >= 0.6 is 0 Å². The molecule has 0 saturated carbocycles. The van der Waals surface area contributed by atoms with E-state index in [2.05, 4.69) is 58.0 Å². The Balaban J connectivity index is 1.57. The summed E-state index contributed by atoms with van der Waals surface area (Å²) in [6.45, 7) is 12.5. The lowest BCUT2D eigenvalue weighted by Gasteiger charge is -2.31. The number of nitrogens with zero attached hydrogens (tertiary/aromatic N) is 4. The molecule has 1 saturated heterocycles. The Labute approximate surface area is 215 Å². The van der Waals surface area contributed by atoms with Crippen molar-refractivity contribution >= 4 is 5.88 Å². The van der Waals surface area contributed by atoms with Crippen LogP contribution in [0.1, 0.15) is 25.0 Å². The number of aliphatic hydroxyl groups is 1. The monoisotopic (exact) mass is 492 g/mol. The Morgan fingerprint density at radius 3 is 2.31 bits per heavy atom. The standard InChI is InChI=1S/C29H40N4O3/c1-3-33(4-2)29-27(28(30-36-29)25-13-9-6-10-14-25)23-32(16-15-31-17-19-35-20-18-31)22-26(34)21-24-11-7-5-8-12-24/h5-14,26,34H,3-4,15-23H2,1-2H3/t26-/m0/s1. The van der Waals surface area contributed by atoms with Crippen molar-refractivity contribution in [1.82, 2.24) is 15.0 Å². The first-order valence-electron chi connectivity index (χ1n) is 13.2. The molecule has 7 heteroatoms. The van der Waals surface area contributed by atoms with Crippen LogP contribution in [0.15, 0.2) is 65.2 Å². The summed E-state index contributed by atoms with van der Waals surface area (Å²) in [6, 6.07) is 20.5. The SMILES string of the molecule is CCN(CC)c1onc(-c2ccccc2)c1CN(CCN1CCOCC1)C[C@@H](O)Cc1ccccc1. The van der Waals surface area contributed by atoms with Crippen molar-refractivity contribution < 1.29 is 14.4 Å². The number of anilines is 1. The fraction of sp³-hybridized carbons (Fsp3) is 0.483. The highest BCUT2D eigenvalue weighted by atomic mass is 16.5. The minimum Gasteiger partial charge on any atom is -0.391 e. The molecule has 1 aliphatic heterocycles.